The molecular formula is C19H21N3O3. The molecule has 0 bridgehead atoms. The number of fused-ring (bicyclic) bond motifs is 1. The van der Waals surface area contributed by atoms with Crippen molar-refractivity contribution in [2.75, 3.05) is 6.54 Å². The first-order valence-electron chi connectivity index (χ1n) is 8.51. The molecule has 0 saturated heterocycles. The molecular weight excluding hydrogens is 318 g/mol. The first kappa shape index (κ1) is 17.1. The molecule has 0 unspecified atom stereocenters. The molecule has 1 aliphatic heterocycles. The van der Waals surface area contributed by atoms with Gasteiger partial charge in [-0.15, -0.1) is 0 Å². The summed E-state index contributed by atoms with van der Waals surface area (Å²) in [4.78, 5) is 45.8. The number of Topliss-reactive ketones (excluding diaryl/α,β-unsaturated/α-hetero) is 1. The van der Waals surface area contributed by atoms with Crippen LogP contribution < -0.4 is 5.56 Å². The van der Waals surface area contributed by atoms with E-state index < -0.39 is 5.91 Å². The molecule has 25 heavy (non-hydrogen) atoms. The summed E-state index contributed by atoms with van der Waals surface area (Å²) in [5.41, 5.74) is 1.80. The van der Waals surface area contributed by atoms with E-state index in [2.05, 4.69) is 9.97 Å². The van der Waals surface area contributed by atoms with Gasteiger partial charge in [0.2, 0.25) is 5.78 Å². The number of aromatic nitrogens is 2. The first-order valence-corrected chi connectivity index (χ1v) is 8.51. The predicted octanol–water partition coefficient (Wildman–Crippen LogP) is 1.94. The Balaban J connectivity index is 1.90. The summed E-state index contributed by atoms with van der Waals surface area (Å²) in [6.45, 7) is 4.20. The van der Waals surface area contributed by atoms with Gasteiger partial charge in [0, 0.05) is 23.6 Å². The van der Waals surface area contributed by atoms with Gasteiger partial charge < -0.3 is 9.88 Å². The predicted molar refractivity (Wildman–Crippen MR) is 93.9 cm³/mol. The largest absolute Gasteiger partial charge is 0.330 e. The molecule has 0 aliphatic carbocycles. The summed E-state index contributed by atoms with van der Waals surface area (Å²) in [7, 11) is 0. The van der Waals surface area contributed by atoms with Crippen LogP contribution in [0.1, 0.15) is 31.5 Å². The molecule has 1 aromatic heterocycles. The van der Waals surface area contributed by atoms with Gasteiger partial charge in [0.15, 0.2) is 0 Å². The van der Waals surface area contributed by atoms with E-state index in [1.165, 1.54) is 4.90 Å². The van der Waals surface area contributed by atoms with E-state index in [4.69, 9.17) is 0 Å². The molecule has 6 nitrogen and oxygen atoms in total. The van der Waals surface area contributed by atoms with Crippen molar-refractivity contribution in [1.82, 2.24) is 14.9 Å². The summed E-state index contributed by atoms with van der Waals surface area (Å²) >= 11 is 0. The third-order valence-corrected chi connectivity index (χ3v) is 4.68. The molecule has 0 fully saturated rings. The van der Waals surface area contributed by atoms with Crippen LogP contribution in [0.5, 0.6) is 0 Å². The molecule has 130 valence electrons. The van der Waals surface area contributed by atoms with Crippen LogP contribution in [0.2, 0.25) is 0 Å². The maximum atomic E-state index is 12.4. The van der Waals surface area contributed by atoms with Gasteiger partial charge in [-0.25, -0.2) is 4.98 Å². The lowest BCUT2D eigenvalue weighted by Crippen LogP contribution is -2.43. The van der Waals surface area contributed by atoms with Gasteiger partial charge >= 0.3 is 0 Å². The number of hydrogen-bond acceptors (Lipinski definition) is 4. The molecule has 1 atom stereocenters. The molecule has 1 aromatic carbocycles. The van der Waals surface area contributed by atoms with Crippen molar-refractivity contribution >= 4 is 11.7 Å². The molecule has 0 radical (unpaired) electrons. The van der Waals surface area contributed by atoms with Gasteiger partial charge in [-0.1, -0.05) is 44.2 Å². The van der Waals surface area contributed by atoms with Crippen molar-refractivity contribution in [3.63, 3.8) is 0 Å². The van der Waals surface area contributed by atoms with E-state index in [9.17, 15) is 14.4 Å². The fraction of sp³-hybridized carbons (Fsp3) is 0.368. The molecule has 2 heterocycles. The van der Waals surface area contributed by atoms with Crippen LogP contribution >= 0.6 is 0 Å². The van der Waals surface area contributed by atoms with Crippen LogP contribution in [0.15, 0.2) is 35.1 Å². The highest BCUT2D eigenvalue weighted by Crippen LogP contribution is 2.19. The van der Waals surface area contributed by atoms with Crippen LogP contribution in [-0.2, 0) is 22.6 Å². The van der Waals surface area contributed by atoms with Gasteiger partial charge in [0.25, 0.3) is 11.5 Å². The summed E-state index contributed by atoms with van der Waals surface area (Å²) in [5.74, 6) is -0.671. The maximum Gasteiger partial charge on any atom is 0.290 e. The average molecular weight is 339 g/mol. The average Bonchev–Trinajstić information content (AvgIpc) is 2.66. The Labute approximate surface area is 145 Å². The quantitative estimate of drug-likeness (QED) is 0.863. The fourth-order valence-electron chi connectivity index (χ4n) is 2.90. The number of nitrogens with one attached hydrogen (secondary N) is 1. The Morgan fingerprint density at radius 3 is 2.68 bits per heavy atom. The topological polar surface area (TPSA) is 83.1 Å². The van der Waals surface area contributed by atoms with Crippen molar-refractivity contribution < 1.29 is 9.59 Å². The van der Waals surface area contributed by atoms with Crippen LogP contribution in [0.4, 0.5) is 0 Å². The zero-order valence-corrected chi connectivity index (χ0v) is 14.4. The summed E-state index contributed by atoms with van der Waals surface area (Å²) in [6, 6.07) is 9.36. The Hall–Kier alpha value is -2.76. The van der Waals surface area contributed by atoms with Crippen molar-refractivity contribution in [2.24, 2.45) is 5.92 Å². The Bertz CT molecular complexity index is 858. The number of aromatic amines is 1. The Morgan fingerprint density at radius 2 is 2.00 bits per heavy atom. The third kappa shape index (κ3) is 3.38. The van der Waals surface area contributed by atoms with Crippen LogP contribution in [0.25, 0.3) is 11.4 Å². The highest BCUT2D eigenvalue weighted by atomic mass is 16.2. The van der Waals surface area contributed by atoms with Crippen LogP contribution in [0, 0.1) is 5.92 Å². The molecule has 1 N–H and O–H groups in total. The van der Waals surface area contributed by atoms with Crippen molar-refractivity contribution in [2.45, 2.75) is 33.2 Å². The van der Waals surface area contributed by atoms with E-state index in [0.717, 1.165) is 5.56 Å². The number of carbonyl (C=O) groups excluding carboxylic acids is 2. The maximum absolute atomic E-state index is 12.4. The zero-order chi connectivity index (χ0) is 18.0. The highest BCUT2D eigenvalue weighted by Gasteiger charge is 2.30. The number of benzene rings is 1. The zero-order valence-electron chi connectivity index (χ0n) is 14.4. The number of rotatable bonds is 4. The molecule has 1 amide bonds. The summed E-state index contributed by atoms with van der Waals surface area (Å²) in [5, 5.41) is 0. The van der Waals surface area contributed by atoms with E-state index in [0.29, 0.717) is 36.5 Å². The van der Waals surface area contributed by atoms with Gasteiger partial charge in [0.05, 0.1) is 12.2 Å². The Kier molecular flexibility index (Phi) is 4.79. The second kappa shape index (κ2) is 7.01. The van der Waals surface area contributed by atoms with Gasteiger partial charge in [-0.05, 0) is 12.8 Å². The smallest absolute Gasteiger partial charge is 0.290 e. The molecule has 3 rings (SSSR count). The minimum Gasteiger partial charge on any atom is -0.330 e. The standard InChI is InChI=1S/C19H21N3O3/c1-3-12(2)16(23)19(25)22-10-9-14-15(11-22)20-17(21-18(14)24)13-7-5-4-6-8-13/h4-8,12H,3,9-11H2,1-2H3,(H,20,21,24)/t12-/m1/s1. The first-order chi connectivity index (χ1) is 12.0. The fourth-order valence-corrected chi connectivity index (χ4v) is 2.90. The van der Waals surface area contributed by atoms with E-state index in [1.54, 1.807) is 6.92 Å². The summed E-state index contributed by atoms with van der Waals surface area (Å²) in [6.07, 6.45) is 1.04. The minimum atomic E-state index is -0.483. The highest BCUT2D eigenvalue weighted by molar-refractivity contribution is 6.36. The van der Waals surface area contributed by atoms with Crippen molar-refractivity contribution in [3.8, 4) is 11.4 Å². The van der Waals surface area contributed by atoms with Crippen molar-refractivity contribution in [1.29, 1.82) is 0 Å². The lowest BCUT2D eigenvalue weighted by atomic mass is 10.0. The van der Waals surface area contributed by atoms with E-state index in [1.807, 2.05) is 37.3 Å². The second-order valence-electron chi connectivity index (χ2n) is 6.36. The second-order valence-corrected chi connectivity index (χ2v) is 6.36. The number of carbonyl (C=O) groups is 2. The molecule has 0 saturated carbocycles. The number of H-pyrrole nitrogens is 1. The van der Waals surface area contributed by atoms with Gasteiger partial charge in [0.1, 0.15) is 5.82 Å². The molecule has 1 aliphatic rings. The SMILES string of the molecule is CC[C@@H](C)C(=O)C(=O)N1CCc2c(nc(-c3ccccc3)[nH]c2=O)C1. The number of hydrogen-bond donors (Lipinski definition) is 1. The third-order valence-electron chi connectivity index (χ3n) is 4.68. The van der Waals surface area contributed by atoms with E-state index >= 15 is 0 Å². The minimum absolute atomic E-state index is 0.177. The van der Waals surface area contributed by atoms with Crippen LogP contribution in [0.3, 0.4) is 0 Å². The van der Waals surface area contributed by atoms with E-state index in [-0.39, 0.29) is 23.8 Å². The number of nitrogens with zero attached hydrogens (tertiary/aromatic N) is 2. The lowest BCUT2D eigenvalue weighted by molar-refractivity contribution is -0.147. The number of amides is 1. The normalized spacial score (nSPS) is 14.7. The monoisotopic (exact) mass is 339 g/mol. The molecule has 0 spiro atoms. The van der Waals surface area contributed by atoms with Crippen LogP contribution in [-0.4, -0.2) is 33.1 Å². The summed E-state index contributed by atoms with van der Waals surface area (Å²) < 4.78 is 0. The Morgan fingerprint density at radius 1 is 1.28 bits per heavy atom. The van der Waals surface area contributed by atoms with Gasteiger partial charge in [-0.3, -0.25) is 14.4 Å². The number of ketones is 1. The molecule has 2 aromatic rings. The lowest BCUT2D eigenvalue weighted by Gasteiger charge is -2.28. The van der Waals surface area contributed by atoms with Crippen molar-refractivity contribution in [3.05, 3.63) is 51.9 Å². The molecule has 6 heteroatoms. The van der Waals surface area contributed by atoms with Gasteiger partial charge in [-0.2, -0.15) is 0 Å².